The van der Waals surface area contributed by atoms with E-state index in [0.29, 0.717) is 0 Å². The van der Waals surface area contributed by atoms with E-state index in [1.54, 1.807) is 6.26 Å². The van der Waals surface area contributed by atoms with Crippen molar-refractivity contribution in [1.82, 2.24) is 4.90 Å². The predicted molar refractivity (Wildman–Crippen MR) is 81.5 cm³/mol. The molecular weight excluding hydrogens is 260 g/mol. The number of likely N-dealkylation sites (tertiary alicyclic amines) is 1. The van der Waals surface area contributed by atoms with E-state index in [0.717, 1.165) is 44.0 Å². The van der Waals surface area contributed by atoms with Crippen molar-refractivity contribution in [2.24, 2.45) is 5.92 Å². The molecule has 1 aliphatic heterocycles. The Morgan fingerprint density at radius 3 is 2.52 bits per heavy atom. The van der Waals surface area contributed by atoms with E-state index in [2.05, 4.69) is 41.3 Å². The molecule has 2 aromatic rings. The summed E-state index contributed by atoms with van der Waals surface area (Å²) in [5.41, 5.74) is 1.42. The number of piperidine rings is 1. The lowest BCUT2D eigenvalue weighted by Gasteiger charge is -2.34. The van der Waals surface area contributed by atoms with Gasteiger partial charge < -0.3 is 4.42 Å². The van der Waals surface area contributed by atoms with Crippen LogP contribution < -0.4 is 0 Å². The number of nitriles is 1. The van der Waals surface area contributed by atoms with E-state index in [1.165, 1.54) is 5.56 Å². The second-order valence-corrected chi connectivity index (χ2v) is 5.72. The molecule has 3 nitrogen and oxygen atoms in total. The Kier molecular flexibility index (Phi) is 4.37. The number of hydrogen-bond acceptors (Lipinski definition) is 3. The fourth-order valence-corrected chi connectivity index (χ4v) is 3.13. The summed E-state index contributed by atoms with van der Waals surface area (Å²) >= 11 is 0. The van der Waals surface area contributed by atoms with Crippen molar-refractivity contribution >= 4 is 0 Å². The molecule has 0 saturated carbocycles. The average Bonchev–Trinajstić information content (AvgIpc) is 3.05. The minimum absolute atomic E-state index is 0.238. The zero-order chi connectivity index (χ0) is 14.5. The van der Waals surface area contributed by atoms with Crippen molar-refractivity contribution in [3.63, 3.8) is 0 Å². The van der Waals surface area contributed by atoms with Gasteiger partial charge in [-0.2, -0.15) is 5.26 Å². The molecule has 3 rings (SSSR count). The molecule has 1 saturated heterocycles. The SMILES string of the molecule is N#C[C@H](c1ccco1)N1CCC(Cc2ccccc2)CC1. The molecule has 108 valence electrons. The second kappa shape index (κ2) is 6.60. The van der Waals surface area contributed by atoms with Gasteiger partial charge in [0, 0.05) is 13.1 Å². The van der Waals surface area contributed by atoms with E-state index in [4.69, 9.17) is 4.42 Å². The monoisotopic (exact) mass is 280 g/mol. The van der Waals surface area contributed by atoms with Crippen molar-refractivity contribution in [1.29, 1.82) is 5.26 Å². The average molecular weight is 280 g/mol. The van der Waals surface area contributed by atoms with Crippen LogP contribution >= 0.6 is 0 Å². The van der Waals surface area contributed by atoms with Crippen LogP contribution in [0.5, 0.6) is 0 Å². The third-order valence-electron chi connectivity index (χ3n) is 4.32. The zero-order valence-corrected chi connectivity index (χ0v) is 12.1. The van der Waals surface area contributed by atoms with Crippen molar-refractivity contribution < 1.29 is 4.42 Å². The van der Waals surface area contributed by atoms with E-state index in [9.17, 15) is 5.26 Å². The number of benzene rings is 1. The van der Waals surface area contributed by atoms with Crippen LogP contribution in [0, 0.1) is 17.2 Å². The molecule has 0 unspecified atom stereocenters. The molecule has 1 aliphatic rings. The van der Waals surface area contributed by atoms with Crippen molar-refractivity contribution in [2.75, 3.05) is 13.1 Å². The van der Waals surface area contributed by atoms with Gasteiger partial charge in [-0.15, -0.1) is 0 Å². The van der Waals surface area contributed by atoms with Crippen LogP contribution in [-0.2, 0) is 6.42 Å². The fourth-order valence-electron chi connectivity index (χ4n) is 3.13. The highest BCUT2D eigenvalue weighted by atomic mass is 16.3. The van der Waals surface area contributed by atoms with Gasteiger partial charge in [0.05, 0.1) is 12.3 Å². The number of nitrogens with zero attached hydrogens (tertiary/aromatic N) is 2. The van der Waals surface area contributed by atoms with E-state index in [-0.39, 0.29) is 6.04 Å². The van der Waals surface area contributed by atoms with Crippen molar-refractivity contribution in [3.8, 4) is 6.07 Å². The first-order valence-electron chi connectivity index (χ1n) is 7.58. The normalized spacial score (nSPS) is 18.2. The molecule has 0 amide bonds. The number of furan rings is 1. The Labute approximate surface area is 125 Å². The maximum Gasteiger partial charge on any atom is 0.156 e. The summed E-state index contributed by atoms with van der Waals surface area (Å²) in [5, 5.41) is 9.40. The third-order valence-corrected chi connectivity index (χ3v) is 4.32. The van der Waals surface area contributed by atoms with Crippen LogP contribution in [0.3, 0.4) is 0 Å². The molecular formula is C18H20N2O. The van der Waals surface area contributed by atoms with Crippen LogP contribution in [0.25, 0.3) is 0 Å². The summed E-state index contributed by atoms with van der Waals surface area (Å²) in [4.78, 5) is 2.24. The predicted octanol–water partition coefficient (Wildman–Crippen LogP) is 3.80. The van der Waals surface area contributed by atoms with Crippen molar-refractivity contribution in [3.05, 3.63) is 60.1 Å². The Morgan fingerprint density at radius 2 is 1.90 bits per heavy atom. The smallest absolute Gasteiger partial charge is 0.156 e. The first kappa shape index (κ1) is 13.9. The topological polar surface area (TPSA) is 40.2 Å². The van der Waals surface area contributed by atoms with Crippen LogP contribution in [-0.4, -0.2) is 18.0 Å². The third kappa shape index (κ3) is 3.34. The molecule has 0 spiro atoms. The molecule has 0 aliphatic carbocycles. The Balaban J connectivity index is 1.56. The first-order valence-corrected chi connectivity index (χ1v) is 7.58. The number of rotatable bonds is 4. The van der Waals surface area contributed by atoms with Gasteiger partial charge in [-0.3, -0.25) is 4.90 Å². The standard InChI is InChI=1S/C18H20N2O/c19-14-17(18-7-4-12-21-18)20-10-8-16(9-11-20)13-15-5-2-1-3-6-15/h1-7,12,16-17H,8-11,13H2/t17-/m1/s1. The molecule has 21 heavy (non-hydrogen) atoms. The lowest BCUT2D eigenvalue weighted by Crippen LogP contribution is -2.36. The van der Waals surface area contributed by atoms with Gasteiger partial charge in [0.15, 0.2) is 6.04 Å². The lowest BCUT2D eigenvalue weighted by molar-refractivity contribution is 0.145. The van der Waals surface area contributed by atoms with Crippen molar-refractivity contribution in [2.45, 2.75) is 25.3 Å². The highest BCUT2D eigenvalue weighted by Gasteiger charge is 2.27. The summed E-state index contributed by atoms with van der Waals surface area (Å²) < 4.78 is 5.40. The van der Waals surface area contributed by atoms with Gasteiger partial charge >= 0.3 is 0 Å². The summed E-state index contributed by atoms with van der Waals surface area (Å²) in [6, 6.07) is 16.5. The van der Waals surface area contributed by atoms with Crippen LogP contribution in [0.15, 0.2) is 53.1 Å². The highest BCUT2D eigenvalue weighted by Crippen LogP contribution is 2.28. The zero-order valence-electron chi connectivity index (χ0n) is 12.1. The maximum absolute atomic E-state index is 9.40. The minimum atomic E-state index is -0.238. The summed E-state index contributed by atoms with van der Waals surface area (Å²) in [6.45, 7) is 1.94. The van der Waals surface area contributed by atoms with Crippen LogP contribution in [0.2, 0.25) is 0 Å². The molecule has 2 heterocycles. The van der Waals surface area contributed by atoms with Crippen LogP contribution in [0.1, 0.15) is 30.2 Å². The molecule has 0 N–H and O–H groups in total. The Bertz CT molecular complexity index is 577. The van der Waals surface area contributed by atoms with Gasteiger partial charge in [0.2, 0.25) is 0 Å². The Hall–Kier alpha value is -2.05. The highest BCUT2D eigenvalue weighted by molar-refractivity contribution is 5.16. The van der Waals surface area contributed by atoms with Gasteiger partial charge in [0.25, 0.3) is 0 Å². The molecule has 1 fully saturated rings. The summed E-state index contributed by atoms with van der Waals surface area (Å²) in [5.74, 6) is 1.48. The van der Waals surface area contributed by atoms with Crippen LogP contribution in [0.4, 0.5) is 0 Å². The summed E-state index contributed by atoms with van der Waals surface area (Å²) in [6.07, 6.45) is 5.08. The molecule has 0 radical (unpaired) electrons. The quantitative estimate of drug-likeness (QED) is 0.855. The molecule has 0 bridgehead atoms. The second-order valence-electron chi connectivity index (χ2n) is 5.72. The molecule has 1 atom stereocenters. The minimum Gasteiger partial charge on any atom is -0.467 e. The van der Waals surface area contributed by atoms with Gasteiger partial charge in [-0.1, -0.05) is 30.3 Å². The Morgan fingerprint density at radius 1 is 1.14 bits per heavy atom. The van der Waals surface area contributed by atoms with E-state index >= 15 is 0 Å². The van der Waals surface area contributed by atoms with Gasteiger partial charge in [0.1, 0.15) is 5.76 Å². The van der Waals surface area contributed by atoms with Gasteiger partial charge in [-0.05, 0) is 42.9 Å². The molecule has 3 heteroatoms. The molecule has 1 aromatic heterocycles. The summed E-state index contributed by atoms with van der Waals surface area (Å²) in [7, 11) is 0. The molecule has 1 aromatic carbocycles. The van der Waals surface area contributed by atoms with E-state index in [1.807, 2.05) is 12.1 Å². The maximum atomic E-state index is 9.40. The van der Waals surface area contributed by atoms with Gasteiger partial charge in [-0.25, -0.2) is 0 Å². The fraction of sp³-hybridized carbons (Fsp3) is 0.389. The largest absolute Gasteiger partial charge is 0.467 e. The number of hydrogen-bond donors (Lipinski definition) is 0. The first-order chi connectivity index (χ1) is 10.4. The van der Waals surface area contributed by atoms with E-state index < -0.39 is 0 Å². The lowest BCUT2D eigenvalue weighted by atomic mass is 9.89.